The van der Waals surface area contributed by atoms with Crippen LogP contribution in [0.3, 0.4) is 0 Å². The molecule has 0 saturated carbocycles. The molecule has 1 aliphatic heterocycles. The van der Waals surface area contributed by atoms with Gasteiger partial charge in [-0.15, -0.1) is 0 Å². The van der Waals surface area contributed by atoms with Crippen molar-refractivity contribution in [2.45, 2.75) is 25.8 Å². The molecule has 0 aliphatic carbocycles. The number of nitrogens with zero attached hydrogens (tertiary/aromatic N) is 3. The smallest absolute Gasteiger partial charge is 0.251 e. The molecule has 2 heterocycles. The first-order valence-electron chi connectivity index (χ1n) is 9.19. The van der Waals surface area contributed by atoms with E-state index in [0.717, 1.165) is 42.9 Å². The van der Waals surface area contributed by atoms with Crippen LogP contribution in [0, 0.1) is 6.92 Å². The van der Waals surface area contributed by atoms with Crippen molar-refractivity contribution in [2.75, 3.05) is 26.7 Å². The zero-order valence-electron chi connectivity index (χ0n) is 15.7. The van der Waals surface area contributed by atoms with Crippen molar-refractivity contribution in [1.29, 1.82) is 0 Å². The van der Waals surface area contributed by atoms with Crippen LogP contribution in [0.5, 0.6) is 0 Å². The third kappa shape index (κ3) is 5.10. The van der Waals surface area contributed by atoms with Gasteiger partial charge in [0.05, 0.1) is 17.9 Å². The molecule has 2 N–H and O–H groups in total. The Labute approximate surface area is 159 Å². The Morgan fingerprint density at radius 2 is 1.78 bits per heavy atom. The van der Waals surface area contributed by atoms with Crippen molar-refractivity contribution in [3.63, 3.8) is 0 Å². The normalized spacial score (nSPS) is 15.3. The molecule has 0 spiro atoms. The Hall–Kier alpha value is -2.80. The van der Waals surface area contributed by atoms with Gasteiger partial charge in [-0.3, -0.25) is 14.5 Å². The number of hydrogen-bond donors (Lipinski definition) is 2. The number of likely N-dealkylation sites (N-methyl/N-ethyl adjacent to an activating group) is 1. The number of rotatable bonds is 5. The largest absolute Gasteiger partial charge is 0.358 e. The first kappa shape index (κ1) is 19.0. The number of piperidine rings is 1. The van der Waals surface area contributed by atoms with Gasteiger partial charge in [0, 0.05) is 37.3 Å². The van der Waals surface area contributed by atoms with Crippen LogP contribution in [0.25, 0.3) is 11.3 Å². The van der Waals surface area contributed by atoms with E-state index in [0.29, 0.717) is 12.1 Å². The number of aryl methyl sites for hydroxylation is 1. The summed E-state index contributed by atoms with van der Waals surface area (Å²) in [5.41, 5.74) is 3.22. The summed E-state index contributed by atoms with van der Waals surface area (Å²) >= 11 is 0. The van der Waals surface area contributed by atoms with Gasteiger partial charge in [0.15, 0.2) is 0 Å². The molecule has 3 rings (SSSR count). The van der Waals surface area contributed by atoms with Gasteiger partial charge in [-0.1, -0.05) is 12.1 Å². The van der Waals surface area contributed by atoms with E-state index in [-0.39, 0.29) is 17.9 Å². The Balaban J connectivity index is 1.53. The van der Waals surface area contributed by atoms with Crippen molar-refractivity contribution < 1.29 is 9.59 Å². The van der Waals surface area contributed by atoms with E-state index in [1.807, 2.05) is 43.3 Å². The Bertz CT molecular complexity index is 781. The van der Waals surface area contributed by atoms with Crippen molar-refractivity contribution in [3.05, 3.63) is 47.7 Å². The summed E-state index contributed by atoms with van der Waals surface area (Å²) in [7, 11) is 1.64. The van der Waals surface area contributed by atoms with Crippen LogP contribution >= 0.6 is 0 Å². The number of amides is 2. The maximum absolute atomic E-state index is 12.5. The summed E-state index contributed by atoms with van der Waals surface area (Å²) in [5.74, 6) is -0.0443. The van der Waals surface area contributed by atoms with Crippen molar-refractivity contribution in [3.8, 4) is 11.3 Å². The molecular weight excluding hydrogens is 342 g/mol. The molecule has 0 atom stereocenters. The lowest BCUT2D eigenvalue weighted by atomic mass is 10.0. The fourth-order valence-electron chi connectivity index (χ4n) is 3.13. The maximum Gasteiger partial charge on any atom is 0.251 e. The van der Waals surface area contributed by atoms with Gasteiger partial charge in [0.1, 0.15) is 0 Å². The van der Waals surface area contributed by atoms with E-state index in [1.54, 1.807) is 7.05 Å². The average Bonchev–Trinajstić information content (AvgIpc) is 2.70. The van der Waals surface area contributed by atoms with Crippen LogP contribution in [0.15, 0.2) is 36.4 Å². The molecular formula is C20H25N5O2. The molecule has 7 nitrogen and oxygen atoms in total. The zero-order valence-corrected chi connectivity index (χ0v) is 15.7. The number of benzene rings is 1. The fourth-order valence-corrected chi connectivity index (χ4v) is 3.13. The van der Waals surface area contributed by atoms with Crippen molar-refractivity contribution >= 4 is 11.8 Å². The Morgan fingerprint density at radius 1 is 1.07 bits per heavy atom. The molecule has 2 aromatic rings. The summed E-state index contributed by atoms with van der Waals surface area (Å²) in [6.45, 7) is 3.93. The number of carbonyl (C=O) groups excluding carboxylic acids is 2. The molecule has 1 aromatic carbocycles. The Kier molecular flexibility index (Phi) is 6.13. The topological polar surface area (TPSA) is 87.2 Å². The average molecular weight is 367 g/mol. The minimum absolute atomic E-state index is 0.0239. The molecule has 142 valence electrons. The standard InChI is InChI=1S/C20H25N5O2/c1-14-3-8-18(24-23-14)15-4-6-16(7-5-15)20(27)22-17-9-11-25(12-10-17)13-19(26)21-2/h3-8,17H,9-13H2,1-2H3,(H,21,26)(H,22,27). The lowest BCUT2D eigenvalue weighted by Gasteiger charge is -2.31. The van der Waals surface area contributed by atoms with Crippen LogP contribution in [-0.2, 0) is 4.79 Å². The summed E-state index contributed by atoms with van der Waals surface area (Å²) in [6.07, 6.45) is 1.69. The van der Waals surface area contributed by atoms with Crippen molar-refractivity contribution in [2.24, 2.45) is 0 Å². The molecule has 27 heavy (non-hydrogen) atoms. The maximum atomic E-state index is 12.5. The van der Waals surface area contributed by atoms with Crippen LogP contribution < -0.4 is 10.6 Å². The van der Waals surface area contributed by atoms with Gasteiger partial charge in [0.25, 0.3) is 5.91 Å². The van der Waals surface area contributed by atoms with E-state index >= 15 is 0 Å². The number of likely N-dealkylation sites (tertiary alicyclic amines) is 1. The highest BCUT2D eigenvalue weighted by molar-refractivity contribution is 5.94. The highest BCUT2D eigenvalue weighted by Gasteiger charge is 2.22. The predicted octanol–water partition coefficient (Wildman–Crippen LogP) is 1.39. The second kappa shape index (κ2) is 8.73. The van der Waals surface area contributed by atoms with E-state index in [9.17, 15) is 9.59 Å². The van der Waals surface area contributed by atoms with Gasteiger partial charge in [-0.05, 0) is 44.0 Å². The molecule has 7 heteroatoms. The van der Waals surface area contributed by atoms with E-state index in [1.165, 1.54) is 0 Å². The van der Waals surface area contributed by atoms with Gasteiger partial charge >= 0.3 is 0 Å². The number of aromatic nitrogens is 2. The summed E-state index contributed by atoms with van der Waals surface area (Å²) in [5, 5.41) is 14.0. The monoisotopic (exact) mass is 367 g/mol. The summed E-state index contributed by atoms with van der Waals surface area (Å²) < 4.78 is 0. The molecule has 0 unspecified atom stereocenters. The van der Waals surface area contributed by atoms with Gasteiger partial charge in [-0.2, -0.15) is 10.2 Å². The third-order valence-corrected chi connectivity index (χ3v) is 4.81. The molecule has 2 amide bonds. The lowest BCUT2D eigenvalue weighted by molar-refractivity contribution is -0.122. The highest BCUT2D eigenvalue weighted by Crippen LogP contribution is 2.17. The van der Waals surface area contributed by atoms with Crippen LogP contribution in [0.4, 0.5) is 0 Å². The second-order valence-electron chi connectivity index (χ2n) is 6.83. The first-order chi connectivity index (χ1) is 13.0. The van der Waals surface area contributed by atoms with E-state index in [4.69, 9.17) is 0 Å². The minimum Gasteiger partial charge on any atom is -0.358 e. The van der Waals surface area contributed by atoms with Crippen LogP contribution in [0.2, 0.25) is 0 Å². The molecule has 0 radical (unpaired) electrons. The van der Waals surface area contributed by atoms with Gasteiger partial charge < -0.3 is 10.6 Å². The SMILES string of the molecule is CNC(=O)CN1CCC(NC(=O)c2ccc(-c3ccc(C)nn3)cc2)CC1. The zero-order chi connectivity index (χ0) is 19.2. The quantitative estimate of drug-likeness (QED) is 0.834. The highest BCUT2D eigenvalue weighted by atomic mass is 16.2. The summed E-state index contributed by atoms with van der Waals surface area (Å²) in [6, 6.07) is 11.4. The molecule has 1 fully saturated rings. The molecule has 1 aliphatic rings. The minimum atomic E-state index is -0.0682. The van der Waals surface area contributed by atoms with Crippen molar-refractivity contribution in [1.82, 2.24) is 25.7 Å². The molecule has 1 saturated heterocycles. The lowest BCUT2D eigenvalue weighted by Crippen LogP contribution is -2.47. The number of carbonyl (C=O) groups is 2. The summed E-state index contributed by atoms with van der Waals surface area (Å²) in [4.78, 5) is 26.0. The number of hydrogen-bond acceptors (Lipinski definition) is 5. The number of nitrogens with one attached hydrogen (secondary N) is 2. The molecule has 1 aromatic heterocycles. The van der Waals surface area contributed by atoms with E-state index < -0.39 is 0 Å². The van der Waals surface area contributed by atoms with Gasteiger partial charge in [0.2, 0.25) is 5.91 Å². The first-order valence-corrected chi connectivity index (χ1v) is 9.19. The predicted molar refractivity (Wildman–Crippen MR) is 103 cm³/mol. The fraction of sp³-hybridized carbons (Fsp3) is 0.400. The van der Waals surface area contributed by atoms with Gasteiger partial charge in [-0.25, -0.2) is 0 Å². The Morgan fingerprint density at radius 3 is 2.37 bits per heavy atom. The second-order valence-corrected chi connectivity index (χ2v) is 6.83. The van der Waals surface area contributed by atoms with Crippen LogP contribution in [0.1, 0.15) is 28.9 Å². The van der Waals surface area contributed by atoms with E-state index in [2.05, 4.69) is 25.7 Å². The molecule has 0 bridgehead atoms. The van der Waals surface area contributed by atoms with Crippen LogP contribution in [-0.4, -0.2) is 59.6 Å². The third-order valence-electron chi connectivity index (χ3n) is 4.81.